The van der Waals surface area contributed by atoms with Gasteiger partial charge in [0.2, 0.25) is 0 Å². The van der Waals surface area contributed by atoms with Crippen molar-refractivity contribution in [3.63, 3.8) is 0 Å². The first-order chi connectivity index (χ1) is 6.09. The number of halogens is 1. The van der Waals surface area contributed by atoms with Crippen LogP contribution < -0.4 is 0 Å². The fourth-order valence-electron chi connectivity index (χ4n) is 0.975. The van der Waals surface area contributed by atoms with Crippen LogP contribution in [0.3, 0.4) is 0 Å². The summed E-state index contributed by atoms with van der Waals surface area (Å²) >= 11 is 7.27. The molecule has 0 amide bonds. The SMILES string of the molecule is O=C(O)C(S)Cc1cccc(Br)c1. The number of carboxylic acids is 1. The van der Waals surface area contributed by atoms with Crippen LogP contribution in [0, 0.1) is 0 Å². The minimum absolute atomic E-state index is 0.442. The summed E-state index contributed by atoms with van der Waals surface area (Å²) in [5.74, 6) is -0.886. The molecule has 1 aromatic carbocycles. The Morgan fingerprint density at radius 3 is 2.85 bits per heavy atom. The van der Waals surface area contributed by atoms with E-state index in [1.807, 2.05) is 24.3 Å². The second-order valence-corrected chi connectivity index (χ2v) is 4.23. The molecular formula is C9H9BrO2S. The van der Waals surface area contributed by atoms with Crippen molar-refractivity contribution in [3.05, 3.63) is 34.3 Å². The maximum Gasteiger partial charge on any atom is 0.316 e. The van der Waals surface area contributed by atoms with Crippen LogP contribution in [0.15, 0.2) is 28.7 Å². The van der Waals surface area contributed by atoms with Gasteiger partial charge in [-0.05, 0) is 24.1 Å². The van der Waals surface area contributed by atoms with Crippen molar-refractivity contribution < 1.29 is 9.90 Å². The molecule has 70 valence electrons. The van der Waals surface area contributed by atoms with E-state index >= 15 is 0 Å². The summed E-state index contributed by atoms with van der Waals surface area (Å²) in [6.45, 7) is 0. The monoisotopic (exact) mass is 260 g/mol. The van der Waals surface area contributed by atoms with Crippen LogP contribution in [-0.4, -0.2) is 16.3 Å². The van der Waals surface area contributed by atoms with E-state index in [9.17, 15) is 4.79 Å². The second kappa shape index (κ2) is 4.67. The van der Waals surface area contributed by atoms with Crippen molar-refractivity contribution in [2.45, 2.75) is 11.7 Å². The quantitative estimate of drug-likeness (QED) is 0.820. The van der Waals surface area contributed by atoms with Crippen LogP contribution in [0.5, 0.6) is 0 Å². The topological polar surface area (TPSA) is 37.3 Å². The highest BCUT2D eigenvalue weighted by Gasteiger charge is 2.12. The summed E-state index contributed by atoms with van der Waals surface area (Å²) in [4.78, 5) is 10.5. The van der Waals surface area contributed by atoms with E-state index in [1.54, 1.807) is 0 Å². The van der Waals surface area contributed by atoms with E-state index in [1.165, 1.54) is 0 Å². The Balaban J connectivity index is 2.69. The van der Waals surface area contributed by atoms with Crippen molar-refractivity contribution in [2.24, 2.45) is 0 Å². The minimum atomic E-state index is -0.886. The van der Waals surface area contributed by atoms with E-state index in [0.29, 0.717) is 6.42 Å². The third-order valence-corrected chi connectivity index (χ3v) is 2.50. The van der Waals surface area contributed by atoms with Crippen molar-refractivity contribution in [3.8, 4) is 0 Å². The molecule has 0 bridgehead atoms. The van der Waals surface area contributed by atoms with E-state index < -0.39 is 11.2 Å². The Morgan fingerprint density at radius 1 is 1.62 bits per heavy atom. The van der Waals surface area contributed by atoms with Gasteiger partial charge in [-0.1, -0.05) is 28.1 Å². The van der Waals surface area contributed by atoms with Crippen LogP contribution in [-0.2, 0) is 11.2 Å². The summed E-state index contributed by atoms with van der Waals surface area (Å²) in [7, 11) is 0. The predicted molar refractivity (Wildman–Crippen MR) is 58.3 cm³/mol. The lowest BCUT2D eigenvalue weighted by molar-refractivity contribution is -0.136. The average Bonchev–Trinajstić information content (AvgIpc) is 2.04. The van der Waals surface area contributed by atoms with Gasteiger partial charge in [0.25, 0.3) is 0 Å². The van der Waals surface area contributed by atoms with Crippen LogP contribution in [0.4, 0.5) is 0 Å². The Morgan fingerprint density at radius 2 is 2.31 bits per heavy atom. The van der Waals surface area contributed by atoms with Gasteiger partial charge in [0.15, 0.2) is 0 Å². The fourth-order valence-corrected chi connectivity index (χ4v) is 1.63. The molecule has 1 rings (SSSR count). The number of hydrogen-bond acceptors (Lipinski definition) is 2. The molecule has 0 saturated heterocycles. The van der Waals surface area contributed by atoms with Gasteiger partial charge in [0, 0.05) is 4.47 Å². The van der Waals surface area contributed by atoms with Crippen molar-refractivity contribution in [2.75, 3.05) is 0 Å². The van der Waals surface area contributed by atoms with Crippen molar-refractivity contribution in [1.29, 1.82) is 0 Å². The van der Waals surface area contributed by atoms with Gasteiger partial charge < -0.3 is 5.11 Å². The maximum absolute atomic E-state index is 10.5. The number of thiol groups is 1. The number of carbonyl (C=O) groups is 1. The molecule has 4 heteroatoms. The molecule has 2 nitrogen and oxygen atoms in total. The molecule has 1 N–H and O–H groups in total. The van der Waals surface area contributed by atoms with Crippen LogP contribution >= 0.6 is 28.6 Å². The molecule has 13 heavy (non-hydrogen) atoms. The third kappa shape index (κ3) is 3.40. The molecular weight excluding hydrogens is 252 g/mol. The van der Waals surface area contributed by atoms with E-state index in [-0.39, 0.29) is 0 Å². The standard InChI is InChI=1S/C9H9BrO2S/c10-7-3-1-2-6(4-7)5-8(13)9(11)12/h1-4,8,13H,5H2,(H,11,12). The Kier molecular flexibility index (Phi) is 3.81. The predicted octanol–water partition coefficient (Wildman–Crippen LogP) is 2.37. The van der Waals surface area contributed by atoms with Gasteiger partial charge >= 0.3 is 5.97 Å². The van der Waals surface area contributed by atoms with Gasteiger partial charge in [0.05, 0.1) is 0 Å². The fraction of sp³-hybridized carbons (Fsp3) is 0.222. The smallest absolute Gasteiger partial charge is 0.316 e. The first kappa shape index (κ1) is 10.6. The normalized spacial score (nSPS) is 12.5. The van der Waals surface area contributed by atoms with Gasteiger partial charge in [-0.25, -0.2) is 0 Å². The number of hydrogen-bond donors (Lipinski definition) is 2. The Hall–Kier alpha value is -0.480. The maximum atomic E-state index is 10.5. The summed E-state index contributed by atoms with van der Waals surface area (Å²) < 4.78 is 0.955. The molecule has 1 atom stereocenters. The highest BCUT2D eigenvalue weighted by Crippen LogP contribution is 2.14. The molecule has 0 aromatic heterocycles. The lowest BCUT2D eigenvalue weighted by Gasteiger charge is -2.05. The number of carboxylic acid groups (broad SMARTS) is 1. The Bertz CT molecular complexity index is 314. The summed E-state index contributed by atoms with van der Waals surface area (Å²) in [6, 6.07) is 7.56. The highest BCUT2D eigenvalue weighted by atomic mass is 79.9. The average molecular weight is 261 g/mol. The summed E-state index contributed by atoms with van der Waals surface area (Å²) in [6.07, 6.45) is 0.442. The highest BCUT2D eigenvalue weighted by molar-refractivity contribution is 9.10. The van der Waals surface area contributed by atoms with Crippen LogP contribution in [0.25, 0.3) is 0 Å². The molecule has 0 aliphatic carbocycles. The minimum Gasteiger partial charge on any atom is -0.480 e. The lowest BCUT2D eigenvalue weighted by atomic mass is 10.1. The number of benzene rings is 1. The molecule has 0 fully saturated rings. The zero-order chi connectivity index (χ0) is 9.84. The molecule has 1 unspecified atom stereocenters. The second-order valence-electron chi connectivity index (χ2n) is 2.69. The molecule has 0 spiro atoms. The number of rotatable bonds is 3. The van der Waals surface area contributed by atoms with E-state index in [0.717, 1.165) is 10.0 Å². The molecule has 1 aromatic rings. The van der Waals surface area contributed by atoms with Gasteiger partial charge in [-0.3, -0.25) is 4.79 Å². The zero-order valence-electron chi connectivity index (χ0n) is 6.77. The summed E-state index contributed by atoms with van der Waals surface area (Å²) in [5.41, 5.74) is 0.969. The van der Waals surface area contributed by atoms with Gasteiger partial charge in [0.1, 0.15) is 5.25 Å². The first-order valence-electron chi connectivity index (χ1n) is 3.75. The zero-order valence-corrected chi connectivity index (χ0v) is 9.25. The molecule has 0 radical (unpaired) electrons. The third-order valence-electron chi connectivity index (χ3n) is 1.60. The van der Waals surface area contributed by atoms with Gasteiger partial charge in [-0.15, -0.1) is 0 Å². The van der Waals surface area contributed by atoms with Crippen LogP contribution in [0.1, 0.15) is 5.56 Å². The van der Waals surface area contributed by atoms with Crippen LogP contribution in [0.2, 0.25) is 0 Å². The van der Waals surface area contributed by atoms with Crippen molar-refractivity contribution in [1.82, 2.24) is 0 Å². The summed E-state index contributed by atoms with van der Waals surface area (Å²) in [5, 5.41) is 7.99. The van der Waals surface area contributed by atoms with E-state index in [2.05, 4.69) is 28.6 Å². The number of aliphatic carboxylic acids is 1. The Labute approximate surface area is 90.5 Å². The molecule has 0 aliphatic rings. The van der Waals surface area contributed by atoms with E-state index in [4.69, 9.17) is 5.11 Å². The molecule has 0 heterocycles. The van der Waals surface area contributed by atoms with Crippen molar-refractivity contribution >= 4 is 34.5 Å². The first-order valence-corrected chi connectivity index (χ1v) is 5.06. The largest absolute Gasteiger partial charge is 0.480 e. The molecule has 0 saturated carbocycles. The van der Waals surface area contributed by atoms with Gasteiger partial charge in [-0.2, -0.15) is 12.6 Å². The lowest BCUT2D eigenvalue weighted by Crippen LogP contribution is -2.15. The molecule has 0 aliphatic heterocycles.